The Hall–Kier alpha value is -2.60. The average molecular weight is 324 g/mol. The molecule has 1 N–H and O–H groups in total. The van der Waals surface area contributed by atoms with E-state index in [2.05, 4.69) is 39.0 Å². The number of nitrogens with zero attached hydrogens (tertiary/aromatic N) is 3. The zero-order chi connectivity index (χ0) is 15.6. The first-order valence-corrected chi connectivity index (χ1v) is 8.38. The highest BCUT2D eigenvalue weighted by Crippen LogP contribution is 2.36. The summed E-state index contributed by atoms with van der Waals surface area (Å²) in [5.41, 5.74) is 2.13. The molecule has 1 aliphatic rings. The summed E-state index contributed by atoms with van der Waals surface area (Å²) >= 11 is 1.70. The molecule has 3 heterocycles. The van der Waals surface area contributed by atoms with Gasteiger partial charge in [-0.1, -0.05) is 24.3 Å². The van der Waals surface area contributed by atoms with Crippen molar-refractivity contribution in [1.29, 1.82) is 0 Å². The lowest BCUT2D eigenvalue weighted by atomic mass is 10.0. The summed E-state index contributed by atoms with van der Waals surface area (Å²) in [7, 11) is 0. The molecule has 0 unspecified atom stereocenters. The number of fused-ring (bicyclic) bond motifs is 1. The fourth-order valence-electron chi connectivity index (χ4n) is 2.74. The topological polar surface area (TPSA) is 52.0 Å². The minimum Gasteiger partial charge on any atom is -0.494 e. The maximum Gasteiger partial charge on any atom is 0.226 e. The highest BCUT2D eigenvalue weighted by molar-refractivity contribution is 7.11. The Balaban J connectivity index is 1.83. The Morgan fingerprint density at radius 1 is 1.26 bits per heavy atom. The van der Waals surface area contributed by atoms with Crippen molar-refractivity contribution in [3.8, 4) is 5.75 Å². The summed E-state index contributed by atoms with van der Waals surface area (Å²) in [6, 6.07) is 12.2. The molecule has 0 spiro atoms. The van der Waals surface area contributed by atoms with Crippen LogP contribution in [-0.4, -0.2) is 21.4 Å². The third-order valence-electron chi connectivity index (χ3n) is 3.73. The standard InChI is InChI=1S/C17H16N4OS/c1-2-22-15-7-4-3-6-12(15)14-10-13(16-8-5-9-23-16)20-17-18-11-19-21(14)17/h3-11,14H,2H2,1H3,(H,18,19,20)/t14-/m1/s1. The molecular weight excluding hydrogens is 308 g/mol. The molecule has 0 fully saturated rings. The monoisotopic (exact) mass is 324 g/mol. The molecule has 0 amide bonds. The number of rotatable bonds is 4. The quantitative estimate of drug-likeness (QED) is 0.793. The molecule has 0 radical (unpaired) electrons. The van der Waals surface area contributed by atoms with Crippen molar-refractivity contribution in [2.45, 2.75) is 13.0 Å². The molecule has 1 aromatic carbocycles. The molecule has 0 bridgehead atoms. The van der Waals surface area contributed by atoms with Crippen LogP contribution in [0.2, 0.25) is 0 Å². The smallest absolute Gasteiger partial charge is 0.226 e. The Labute approximate surface area is 138 Å². The number of thiophene rings is 1. The zero-order valence-electron chi connectivity index (χ0n) is 12.6. The molecule has 0 saturated heterocycles. The fraction of sp³-hybridized carbons (Fsp3) is 0.176. The van der Waals surface area contributed by atoms with Crippen LogP contribution in [0.3, 0.4) is 0 Å². The van der Waals surface area contributed by atoms with Crippen molar-refractivity contribution in [3.05, 3.63) is 64.6 Å². The number of allylic oxidation sites excluding steroid dienone is 1. The summed E-state index contributed by atoms with van der Waals surface area (Å²) < 4.78 is 7.68. The lowest BCUT2D eigenvalue weighted by Crippen LogP contribution is -2.20. The third-order valence-corrected chi connectivity index (χ3v) is 4.63. The molecule has 5 nitrogen and oxygen atoms in total. The van der Waals surface area contributed by atoms with Crippen molar-refractivity contribution in [2.75, 3.05) is 11.9 Å². The Morgan fingerprint density at radius 3 is 3.00 bits per heavy atom. The van der Waals surface area contributed by atoms with Crippen LogP contribution in [-0.2, 0) is 0 Å². The second-order valence-corrected chi connectivity index (χ2v) is 6.07. The fourth-order valence-corrected chi connectivity index (χ4v) is 3.45. The minimum absolute atomic E-state index is 0.0476. The number of anilines is 1. The average Bonchev–Trinajstić information content (AvgIpc) is 3.26. The van der Waals surface area contributed by atoms with Gasteiger partial charge < -0.3 is 10.1 Å². The van der Waals surface area contributed by atoms with Gasteiger partial charge in [0.15, 0.2) is 0 Å². The first-order valence-electron chi connectivity index (χ1n) is 7.50. The van der Waals surface area contributed by atoms with E-state index < -0.39 is 0 Å². The van der Waals surface area contributed by atoms with Crippen molar-refractivity contribution in [2.24, 2.45) is 0 Å². The Bertz CT molecular complexity index is 838. The largest absolute Gasteiger partial charge is 0.494 e. The van der Waals surface area contributed by atoms with Gasteiger partial charge in [0.2, 0.25) is 5.95 Å². The summed E-state index contributed by atoms with van der Waals surface area (Å²) in [5.74, 6) is 1.62. The number of benzene rings is 1. The van der Waals surface area contributed by atoms with Gasteiger partial charge in [0.25, 0.3) is 0 Å². The lowest BCUT2D eigenvalue weighted by molar-refractivity contribution is 0.333. The maximum atomic E-state index is 5.80. The predicted octanol–water partition coefficient (Wildman–Crippen LogP) is 3.79. The van der Waals surface area contributed by atoms with Crippen molar-refractivity contribution in [3.63, 3.8) is 0 Å². The Kier molecular flexibility index (Phi) is 3.59. The lowest BCUT2D eigenvalue weighted by Gasteiger charge is -2.25. The maximum absolute atomic E-state index is 5.80. The second-order valence-electron chi connectivity index (χ2n) is 5.13. The van der Waals surface area contributed by atoms with Gasteiger partial charge in [-0.25, -0.2) is 4.68 Å². The number of hydrogen-bond acceptors (Lipinski definition) is 5. The van der Waals surface area contributed by atoms with E-state index in [-0.39, 0.29) is 6.04 Å². The van der Waals surface area contributed by atoms with E-state index >= 15 is 0 Å². The van der Waals surface area contributed by atoms with Crippen LogP contribution in [0.5, 0.6) is 5.75 Å². The molecule has 1 atom stereocenters. The molecular formula is C17H16N4OS. The first-order chi connectivity index (χ1) is 11.4. The molecule has 3 aromatic rings. The van der Waals surface area contributed by atoms with Gasteiger partial charge in [0.05, 0.1) is 17.2 Å². The number of aromatic nitrogens is 3. The summed E-state index contributed by atoms with van der Waals surface area (Å²) in [6.45, 7) is 2.63. The van der Waals surface area contributed by atoms with Gasteiger partial charge in [-0.05, 0) is 30.5 Å². The summed E-state index contributed by atoms with van der Waals surface area (Å²) in [6.07, 6.45) is 3.75. The molecule has 4 rings (SSSR count). The van der Waals surface area contributed by atoms with Gasteiger partial charge in [-0.2, -0.15) is 10.1 Å². The number of ether oxygens (including phenoxy) is 1. The summed E-state index contributed by atoms with van der Waals surface area (Å²) in [5, 5.41) is 9.80. The van der Waals surface area contributed by atoms with E-state index in [0.29, 0.717) is 6.61 Å². The van der Waals surface area contributed by atoms with Crippen molar-refractivity contribution >= 4 is 23.0 Å². The van der Waals surface area contributed by atoms with Crippen LogP contribution in [0.4, 0.5) is 5.95 Å². The molecule has 116 valence electrons. The normalized spacial score (nSPS) is 16.4. The van der Waals surface area contributed by atoms with Gasteiger partial charge >= 0.3 is 0 Å². The van der Waals surface area contributed by atoms with Gasteiger partial charge in [0.1, 0.15) is 18.1 Å². The third kappa shape index (κ3) is 2.51. The molecule has 1 aliphatic heterocycles. The minimum atomic E-state index is -0.0476. The second kappa shape index (κ2) is 5.89. The number of nitrogens with one attached hydrogen (secondary N) is 1. The van der Waals surface area contributed by atoms with E-state index in [4.69, 9.17) is 4.74 Å². The van der Waals surface area contributed by atoms with E-state index in [0.717, 1.165) is 23.0 Å². The zero-order valence-corrected chi connectivity index (χ0v) is 13.5. The van der Waals surface area contributed by atoms with Crippen LogP contribution in [0.1, 0.15) is 23.4 Å². The van der Waals surface area contributed by atoms with Crippen LogP contribution in [0, 0.1) is 0 Å². The van der Waals surface area contributed by atoms with Crippen molar-refractivity contribution < 1.29 is 4.74 Å². The highest BCUT2D eigenvalue weighted by Gasteiger charge is 2.25. The first kappa shape index (κ1) is 14.0. The predicted molar refractivity (Wildman–Crippen MR) is 91.7 cm³/mol. The summed E-state index contributed by atoms with van der Waals surface area (Å²) in [4.78, 5) is 5.51. The molecule has 23 heavy (non-hydrogen) atoms. The van der Waals surface area contributed by atoms with Crippen molar-refractivity contribution in [1.82, 2.24) is 14.8 Å². The number of hydrogen-bond donors (Lipinski definition) is 1. The van der Waals surface area contributed by atoms with Gasteiger partial charge in [-0.15, -0.1) is 11.3 Å². The Morgan fingerprint density at radius 2 is 2.17 bits per heavy atom. The van der Waals surface area contributed by atoms with Crippen LogP contribution >= 0.6 is 11.3 Å². The molecule has 0 saturated carbocycles. The van der Waals surface area contributed by atoms with Gasteiger partial charge in [-0.3, -0.25) is 0 Å². The SMILES string of the molecule is CCOc1ccccc1[C@H]1C=C(c2cccs2)Nc2ncnn21. The van der Waals surface area contributed by atoms with E-state index in [9.17, 15) is 0 Å². The number of para-hydroxylation sites is 1. The highest BCUT2D eigenvalue weighted by atomic mass is 32.1. The van der Waals surface area contributed by atoms with E-state index in [1.54, 1.807) is 17.7 Å². The molecule has 2 aromatic heterocycles. The molecule has 6 heteroatoms. The molecule has 0 aliphatic carbocycles. The van der Waals surface area contributed by atoms with Crippen LogP contribution in [0.25, 0.3) is 5.70 Å². The van der Waals surface area contributed by atoms with Crippen LogP contribution in [0.15, 0.2) is 54.2 Å². The van der Waals surface area contributed by atoms with E-state index in [1.807, 2.05) is 35.9 Å². The van der Waals surface area contributed by atoms with Gasteiger partial charge in [0, 0.05) is 5.56 Å². The van der Waals surface area contributed by atoms with E-state index in [1.165, 1.54) is 4.88 Å². The van der Waals surface area contributed by atoms with Crippen LogP contribution < -0.4 is 10.1 Å².